The smallest absolute Gasteiger partial charge is 0.264 e. The van der Waals surface area contributed by atoms with Gasteiger partial charge in [-0.05, 0) is 61.4 Å². The number of amides is 1. The average Bonchev–Trinajstić information content (AvgIpc) is 2.68. The minimum absolute atomic E-state index is 0.0649. The highest BCUT2D eigenvalue weighted by Gasteiger charge is 2.23. The van der Waals surface area contributed by atoms with E-state index < -0.39 is 10.0 Å². The number of benzene rings is 3. The Morgan fingerprint density at radius 1 is 0.893 bits per heavy atom. The van der Waals surface area contributed by atoms with Crippen molar-refractivity contribution in [1.29, 1.82) is 0 Å². The summed E-state index contributed by atoms with van der Waals surface area (Å²) in [6.45, 7) is 3.79. The number of nitrogens with zero attached hydrogens (tertiary/aromatic N) is 1. The highest BCUT2D eigenvalue weighted by atomic mass is 32.2. The molecular formula is C22H22N2O3S. The van der Waals surface area contributed by atoms with Crippen molar-refractivity contribution in [1.82, 2.24) is 0 Å². The molecule has 3 aromatic carbocycles. The monoisotopic (exact) mass is 394 g/mol. The largest absolute Gasteiger partial charge is 0.322 e. The van der Waals surface area contributed by atoms with Gasteiger partial charge in [0.05, 0.1) is 10.6 Å². The number of anilines is 2. The fourth-order valence-corrected chi connectivity index (χ4v) is 4.23. The first-order chi connectivity index (χ1) is 13.3. The normalized spacial score (nSPS) is 11.1. The molecular weight excluding hydrogens is 372 g/mol. The van der Waals surface area contributed by atoms with Gasteiger partial charge in [-0.3, -0.25) is 9.10 Å². The predicted octanol–water partition coefficient (Wildman–Crippen LogP) is 4.38. The quantitative estimate of drug-likeness (QED) is 0.698. The number of carbonyl (C=O) groups is 1. The molecule has 1 amide bonds. The van der Waals surface area contributed by atoms with Crippen molar-refractivity contribution in [3.63, 3.8) is 0 Å². The van der Waals surface area contributed by atoms with Crippen LogP contribution in [0.25, 0.3) is 0 Å². The number of sulfonamides is 1. The third-order valence-corrected chi connectivity index (χ3v) is 6.25. The van der Waals surface area contributed by atoms with Gasteiger partial charge < -0.3 is 5.32 Å². The van der Waals surface area contributed by atoms with Gasteiger partial charge >= 0.3 is 0 Å². The van der Waals surface area contributed by atoms with Crippen LogP contribution >= 0.6 is 0 Å². The van der Waals surface area contributed by atoms with Crippen LogP contribution in [0.1, 0.15) is 21.5 Å². The Morgan fingerprint density at radius 2 is 1.61 bits per heavy atom. The summed E-state index contributed by atoms with van der Waals surface area (Å²) < 4.78 is 27.3. The first-order valence-corrected chi connectivity index (χ1v) is 10.3. The van der Waals surface area contributed by atoms with Crippen LogP contribution in [0.2, 0.25) is 0 Å². The molecule has 5 nitrogen and oxygen atoms in total. The van der Waals surface area contributed by atoms with E-state index in [1.807, 2.05) is 44.2 Å². The lowest BCUT2D eigenvalue weighted by molar-refractivity contribution is 0.102. The Morgan fingerprint density at radius 3 is 2.32 bits per heavy atom. The SMILES string of the molecule is Cc1cccc(NC(=O)c2cccc(S(=O)(=O)N(C)c3ccccc3C)c2)c1. The topological polar surface area (TPSA) is 66.5 Å². The summed E-state index contributed by atoms with van der Waals surface area (Å²) in [6.07, 6.45) is 0. The van der Waals surface area contributed by atoms with Crippen LogP contribution in [-0.4, -0.2) is 21.4 Å². The Bertz CT molecular complexity index is 1120. The van der Waals surface area contributed by atoms with Crippen molar-refractivity contribution in [3.05, 3.63) is 89.5 Å². The number of para-hydroxylation sites is 1. The zero-order valence-corrected chi connectivity index (χ0v) is 16.8. The molecule has 3 rings (SSSR count). The molecule has 0 heterocycles. The second kappa shape index (κ2) is 7.86. The zero-order chi connectivity index (χ0) is 20.3. The second-order valence-electron chi connectivity index (χ2n) is 6.61. The lowest BCUT2D eigenvalue weighted by atomic mass is 10.2. The van der Waals surface area contributed by atoms with Crippen molar-refractivity contribution >= 4 is 27.3 Å². The van der Waals surface area contributed by atoms with E-state index in [1.54, 1.807) is 30.3 Å². The maximum absolute atomic E-state index is 13.1. The van der Waals surface area contributed by atoms with E-state index in [2.05, 4.69) is 5.32 Å². The van der Waals surface area contributed by atoms with E-state index >= 15 is 0 Å². The van der Waals surface area contributed by atoms with Crippen LogP contribution in [0.3, 0.4) is 0 Å². The molecule has 3 aromatic rings. The van der Waals surface area contributed by atoms with Gasteiger partial charge in [0.1, 0.15) is 0 Å². The zero-order valence-electron chi connectivity index (χ0n) is 16.0. The molecule has 0 saturated heterocycles. The molecule has 0 bridgehead atoms. The molecule has 1 N–H and O–H groups in total. The molecule has 0 aliphatic rings. The van der Waals surface area contributed by atoms with Gasteiger partial charge in [-0.1, -0.05) is 36.4 Å². The Labute approximate surface area is 165 Å². The Balaban J connectivity index is 1.90. The molecule has 0 aromatic heterocycles. The van der Waals surface area contributed by atoms with E-state index in [0.717, 1.165) is 11.1 Å². The van der Waals surface area contributed by atoms with E-state index in [4.69, 9.17) is 0 Å². The molecule has 0 atom stereocenters. The van der Waals surface area contributed by atoms with Crippen LogP contribution in [0.5, 0.6) is 0 Å². The fraction of sp³-hybridized carbons (Fsp3) is 0.136. The van der Waals surface area contributed by atoms with Gasteiger partial charge in [-0.25, -0.2) is 8.42 Å². The first kappa shape index (κ1) is 19.6. The van der Waals surface area contributed by atoms with Crippen molar-refractivity contribution < 1.29 is 13.2 Å². The standard InChI is InChI=1S/C22H22N2O3S/c1-16-8-6-11-19(14-16)23-22(25)18-10-7-12-20(15-18)28(26,27)24(3)21-13-5-4-9-17(21)2/h4-15H,1-3H3,(H,23,25). The average molecular weight is 394 g/mol. The number of carbonyl (C=O) groups excluding carboxylic acids is 1. The third kappa shape index (κ3) is 4.07. The van der Waals surface area contributed by atoms with Crippen LogP contribution in [0.4, 0.5) is 11.4 Å². The van der Waals surface area contributed by atoms with E-state index in [0.29, 0.717) is 11.4 Å². The number of hydrogen-bond donors (Lipinski definition) is 1. The van der Waals surface area contributed by atoms with Crippen LogP contribution < -0.4 is 9.62 Å². The van der Waals surface area contributed by atoms with Gasteiger partial charge in [-0.15, -0.1) is 0 Å². The number of nitrogens with one attached hydrogen (secondary N) is 1. The summed E-state index contributed by atoms with van der Waals surface area (Å²) in [7, 11) is -2.29. The lowest BCUT2D eigenvalue weighted by Gasteiger charge is -2.21. The summed E-state index contributed by atoms with van der Waals surface area (Å²) in [4.78, 5) is 12.6. The summed E-state index contributed by atoms with van der Waals surface area (Å²) in [5.74, 6) is -0.360. The van der Waals surface area contributed by atoms with E-state index in [-0.39, 0.29) is 16.4 Å². The Hall–Kier alpha value is -3.12. The minimum Gasteiger partial charge on any atom is -0.322 e. The van der Waals surface area contributed by atoms with Crippen molar-refractivity contribution in [2.24, 2.45) is 0 Å². The van der Waals surface area contributed by atoms with Crippen molar-refractivity contribution in [2.75, 3.05) is 16.7 Å². The molecule has 0 unspecified atom stereocenters. The summed E-state index contributed by atoms with van der Waals surface area (Å²) in [5.41, 5.74) is 3.41. The van der Waals surface area contributed by atoms with Gasteiger partial charge in [-0.2, -0.15) is 0 Å². The summed E-state index contributed by atoms with van der Waals surface area (Å²) in [6, 6.07) is 20.7. The molecule has 0 aliphatic heterocycles. The molecule has 0 radical (unpaired) electrons. The van der Waals surface area contributed by atoms with E-state index in [1.165, 1.54) is 23.5 Å². The lowest BCUT2D eigenvalue weighted by Crippen LogP contribution is -2.27. The molecule has 0 aliphatic carbocycles. The van der Waals surface area contributed by atoms with Crippen LogP contribution in [0, 0.1) is 13.8 Å². The van der Waals surface area contributed by atoms with Gasteiger partial charge in [0.15, 0.2) is 0 Å². The Kier molecular flexibility index (Phi) is 5.51. The molecule has 0 saturated carbocycles. The highest BCUT2D eigenvalue weighted by molar-refractivity contribution is 7.92. The highest BCUT2D eigenvalue weighted by Crippen LogP contribution is 2.25. The molecule has 28 heavy (non-hydrogen) atoms. The maximum atomic E-state index is 13.1. The summed E-state index contributed by atoms with van der Waals surface area (Å²) in [5, 5.41) is 2.80. The minimum atomic E-state index is -3.80. The van der Waals surface area contributed by atoms with Crippen LogP contribution in [-0.2, 0) is 10.0 Å². The second-order valence-corrected chi connectivity index (χ2v) is 8.58. The predicted molar refractivity (Wildman–Crippen MR) is 112 cm³/mol. The first-order valence-electron chi connectivity index (χ1n) is 8.82. The molecule has 0 fully saturated rings. The van der Waals surface area contributed by atoms with Crippen molar-refractivity contribution in [2.45, 2.75) is 18.7 Å². The van der Waals surface area contributed by atoms with Gasteiger partial charge in [0, 0.05) is 18.3 Å². The summed E-state index contributed by atoms with van der Waals surface area (Å²) >= 11 is 0. The van der Waals surface area contributed by atoms with E-state index in [9.17, 15) is 13.2 Å². The van der Waals surface area contributed by atoms with Crippen molar-refractivity contribution in [3.8, 4) is 0 Å². The third-order valence-electron chi connectivity index (χ3n) is 4.49. The maximum Gasteiger partial charge on any atom is 0.264 e. The molecule has 144 valence electrons. The van der Waals surface area contributed by atoms with Gasteiger partial charge in [0.25, 0.3) is 15.9 Å². The van der Waals surface area contributed by atoms with Gasteiger partial charge in [0.2, 0.25) is 0 Å². The number of hydrogen-bond acceptors (Lipinski definition) is 3. The number of rotatable bonds is 5. The van der Waals surface area contributed by atoms with Crippen LogP contribution in [0.15, 0.2) is 77.7 Å². The number of aryl methyl sites for hydroxylation is 2. The molecule has 6 heteroatoms. The fourth-order valence-electron chi connectivity index (χ4n) is 2.93. The molecule has 0 spiro atoms.